The number of hydrogen-bond acceptors (Lipinski definition) is 3. The third kappa shape index (κ3) is 4.65. The normalized spacial score (nSPS) is 19.6. The summed E-state index contributed by atoms with van der Waals surface area (Å²) in [6, 6.07) is 8.07. The number of nitrogens with zero attached hydrogens (tertiary/aromatic N) is 1. The van der Waals surface area contributed by atoms with Crippen LogP contribution in [-0.2, 0) is 4.79 Å². The lowest BCUT2D eigenvalue weighted by Crippen LogP contribution is -2.35. The van der Waals surface area contributed by atoms with Crippen molar-refractivity contribution in [2.75, 3.05) is 19.6 Å². The Morgan fingerprint density at radius 2 is 2.15 bits per heavy atom. The molecule has 0 bridgehead atoms. The quantitative estimate of drug-likeness (QED) is 0.817. The number of hydrogen-bond donors (Lipinski definition) is 1. The van der Waals surface area contributed by atoms with Crippen LogP contribution >= 0.6 is 40.1 Å². The van der Waals surface area contributed by atoms with Crippen molar-refractivity contribution in [2.45, 2.75) is 23.5 Å². The van der Waals surface area contributed by atoms with Crippen LogP contribution < -0.4 is 5.73 Å². The lowest BCUT2D eigenvalue weighted by Gasteiger charge is -2.20. The summed E-state index contributed by atoms with van der Waals surface area (Å²) < 4.78 is 1.06. The summed E-state index contributed by atoms with van der Waals surface area (Å²) in [5.41, 5.74) is 5.66. The van der Waals surface area contributed by atoms with Crippen molar-refractivity contribution in [1.29, 1.82) is 0 Å². The van der Waals surface area contributed by atoms with Gasteiger partial charge in [-0.05, 0) is 50.1 Å². The average Bonchev–Trinajstić information content (AvgIpc) is 2.89. The molecule has 0 aromatic heterocycles. The van der Waals surface area contributed by atoms with Gasteiger partial charge in [0.2, 0.25) is 5.91 Å². The summed E-state index contributed by atoms with van der Waals surface area (Å²) >= 11 is 5.03. The van der Waals surface area contributed by atoms with Crippen LogP contribution in [0.15, 0.2) is 33.6 Å². The molecule has 1 aliphatic heterocycles. The molecule has 1 aromatic carbocycles. The van der Waals surface area contributed by atoms with Gasteiger partial charge < -0.3 is 10.6 Å². The third-order valence-corrected chi connectivity index (χ3v) is 5.03. The largest absolute Gasteiger partial charge is 0.341 e. The van der Waals surface area contributed by atoms with Gasteiger partial charge in [-0.3, -0.25) is 4.79 Å². The Balaban J connectivity index is 0.00000200. The molecule has 1 saturated heterocycles. The minimum atomic E-state index is -0.0438. The third-order valence-electron chi connectivity index (χ3n) is 3.41. The van der Waals surface area contributed by atoms with Crippen LogP contribution in [0.4, 0.5) is 0 Å². The van der Waals surface area contributed by atoms with Gasteiger partial charge in [0.05, 0.1) is 5.25 Å². The van der Waals surface area contributed by atoms with Crippen molar-refractivity contribution in [3.05, 3.63) is 28.7 Å². The van der Waals surface area contributed by atoms with Crippen LogP contribution in [0.25, 0.3) is 0 Å². The Morgan fingerprint density at radius 1 is 1.50 bits per heavy atom. The number of halogens is 2. The fourth-order valence-electron chi connectivity index (χ4n) is 2.25. The number of likely N-dealkylation sites (tertiary alicyclic amines) is 1. The minimum absolute atomic E-state index is 0. The number of rotatable bonds is 4. The summed E-state index contributed by atoms with van der Waals surface area (Å²) in [5.74, 6) is 0.706. The van der Waals surface area contributed by atoms with Crippen molar-refractivity contribution in [3.63, 3.8) is 0 Å². The molecule has 0 aliphatic carbocycles. The molecular weight excluding hydrogens is 360 g/mol. The number of nitrogens with two attached hydrogens (primary N) is 1. The van der Waals surface area contributed by atoms with E-state index in [-0.39, 0.29) is 23.6 Å². The first-order valence-corrected chi connectivity index (χ1v) is 8.18. The molecule has 1 aliphatic rings. The topological polar surface area (TPSA) is 46.3 Å². The maximum absolute atomic E-state index is 12.3. The average molecular weight is 380 g/mol. The molecule has 0 saturated carbocycles. The highest BCUT2D eigenvalue weighted by Gasteiger charge is 2.28. The molecule has 112 valence electrons. The highest BCUT2D eigenvalue weighted by atomic mass is 79.9. The first-order valence-electron chi connectivity index (χ1n) is 6.51. The van der Waals surface area contributed by atoms with Crippen LogP contribution in [-0.4, -0.2) is 35.7 Å². The summed E-state index contributed by atoms with van der Waals surface area (Å²) in [6.07, 6.45) is 1.04. The fraction of sp³-hybridized carbons (Fsp3) is 0.500. The first kappa shape index (κ1) is 17.8. The van der Waals surface area contributed by atoms with Gasteiger partial charge in [0.15, 0.2) is 0 Å². The molecule has 2 atom stereocenters. The smallest absolute Gasteiger partial charge is 0.235 e. The minimum Gasteiger partial charge on any atom is -0.341 e. The standard InChI is InChI=1S/C14H19BrN2OS.ClH/c1-10(19-13-4-2-12(15)3-5-13)14(18)17-7-6-11(8-16)9-17;/h2-5,10-11H,6-9,16H2,1H3;1H. The Morgan fingerprint density at radius 3 is 2.70 bits per heavy atom. The van der Waals surface area contributed by atoms with Gasteiger partial charge >= 0.3 is 0 Å². The van der Waals surface area contributed by atoms with Gasteiger partial charge in [-0.25, -0.2) is 0 Å². The Kier molecular flexibility index (Phi) is 7.37. The van der Waals surface area contributed by atoms with E-state index in [1.807, 2.05) is 36.1 Å². The van der Waals surface area contributed by atoms with E-state index in [4.69, 9.17) is 5.73 Å². The molecule has 2 rings (SSSR count). The molecule has 1 amide bonds. The van der Waals surface area contributed by atoms with Crippen molar-refractivity contribution in [1.82, 2.24) is 4.90 Å². The predicted molar refractivity (Wildman–Crippen MR) is 90.5 cm³/mol. The molecule has 6 heteroatoms. The number of carbonyl (C=O) groups is 1. The number of carbonyl (C=O) groups excluding carboxylic acids is 1. The van der Waals surface area contributed by atoms with Crippen LogP contribution in [0, 0.1) is 5.92 Å². The van der Waals surface area contributed by atoms with Crippen LogP contribution in [0.3, 0.4) is 0 Å². The monoisotopic (exact) mass is 378 g/mol. The zero-order valence-corrected chi connectivity index (χ0v) is 14.6. The molecule has 2 unspecified atom stereocenters. The van der Waals surface area contributed by atoms with Crippen LogP contribution in [0.1, 0.15) is 13.3 Å². The SMILES string of the molecule is CC(Sc1ccc(Br)cc1)C(=O)N1CCC(CN)C1.Cl. The van der Waals surface area contributed by atoms with E-state index >= 15 is 0 Å². The molecule has 0 radical (unpaired) electrons. The number of amides is 1. The second kappa shape index (κ2) is 8.27. The maximum atomic E-state index is 12.3. The molecule has 2 N–H and O–H groups in total. The van der Waals surface area contributed by atoms with E-state index in [9.17, 15) is 4.79 Å². The zero-order chi connectivity index (χ0) is 13.8. The summed E-state index contributed by atoms with van der Waals surface area (Å²) in [6.45, 7) is 4.33. The van der Waals surface area contributed by atoms with Crippen molar-refractivity contribution in [3.8, 4) is 0 Å². The van der Waals surface area contributed by atoms with Gasteiger partial charge in [-0.1, -0.05) is 15.9 Å². The maximum Gasteiger partial charge on any atom is 0.235 e. The molecule has 0 spiro atoms. The van der Waals surface area contributed by atoms with Gasteiger partial charge in [0.1, 0.15) is 0 Å². The zero-order valence-electron chi connectivity index (χ0n) is 11.4. The fourth-order valence-corrected chi connectivity index (χ4v) is 3.47. The van der Waals surface area contributed by atoms with Gasteiger partial charge in [0.25, 0.3) is 0 Å². The van der Waals surface area contributed by atoms with E-state index in [0.717, 1.165) is 28.9 Å². The van der Waals surface area contributed by atoms with Gasteiger partial charge in [-0.15, -0.1) is 24.2 Å². The van der Waals surface area contributed by atoms with E-state index in [2.05, 4.69) is 15.9 Å². The van der Waals surface area contributed by atoms with Gasteiger partial charge in [0, 0.05) is 22.5 Å². The molecule has 3 nitrogen and oxygen atoms in total. The summed E-state index contributed by atoms with van der Waals surface area (Å²) in [7, 11) is 0. The number of thioether (sulfide) groups is 1. The van der Waals surface area contributed by atoms with Gasteiger partial charge in [-0.2, -0.15) is 0 Å². The molecule has 1 heterocycles. The highest BCUT2D eigenvalue weighted by Crippen LogP contribution is 2.27. The lowest BCUT2D eigenvalue weighted by molar-refractivity contribution is -0.129. The lowest BCUT2D eigenvalue weighted by atomic mass is 10.1. The Labute approximate surface area is 139 Å². The second-order valence-corrected chi connectivity index (χ2v) is 7.22. The first-order chi connectivity index (χ1) is 9.10. The molecule has 1 aromatic rings. The molecule has 20 heavy (non-hydrogen) atoms. The summed E-state index contributed by atoms with van der Waals surface area (Å²) in [4.78, 5) is 15.4. The predicted octanol–water partition coefficient (Wildman–Crippen LogP) is 3.16. The van der Waals surface area contributed by atoms with E-state index < -0.39 is 0 Å². The second-order valence-electron chi connectivity index (χ2n) is 4.89. The Hall–Kier alpha value is -0.230. The van der Waals surface area contributed by atoms with Crippen molar-refractivity contribution < 1.29 is 4.79 Å². The van der Waals surface area contributed by atoms with Crippen molar-refractivity contribution in [2.24, 2.45) is 11.7 Å². The number of benzene rings is 1. The highest BCUT2D eigenvalue weighted by molar-refractivity contribution is 9.10. The van der Waals surface area contributed by atoms with Crippen LogP contribution in [0.5, 0.6) is 0 Å². The van der Waals surface area contributed by atoms with E-state index in [0.29, 0.717) is 12.5 Å². The summed E-state index contributed by atoms with van der Waals surface area (Å²) in [5, 5.41) is -0.0438. The van der Waals surface area contributed by atoms with E-state index in [1.165, 1.54) is 0 Å². The van der Waals surface area contributed by atoms with E-state index in [1.54, 1.807) is 11.8 Å². The Bertz CT molecular complexity index is 443. The molecule has 1 fully saturated rings. The molecular formula is C14H20BrClN2OS. The van der Waals surface area contributed by atoms with Crippen LogP contribution in [0.2, 0.25) is 0 Å². The van der Waals surface area contributed by atoms with Crippen molar-refractivity contribution >= 4 is 46.0 Å².